The molecule has 1 aliphatic rings. The van der Waals surface area contributed by atoms with Crippen LogP contribution < -0.4 is 5.73 Å². The van der Waals surface area contributed by atoms with Crippen molar-refractivity contribution in [1.82, 2.24) is 4.31 Å². The normalized spacial score (nSPS) is 17.9. The van der Waals surface area contributed by atoms with Crippen LogP contribution >= 0.6 is 0 Å². The summed E-state index contributed by atoms with van der Waals surface area (Å²) in [7, 11) is -3.83. The number of piperidine rings is 1. The molecule has 2 rings (SSSR count). The van der Waals surface area contributed by atoms with Crippen molar-refractivity contribution in [3.8, 4) is 0 Å². The van der Waals surface area contributed by atoms with Gasteiger partial charge in [-0.2, -0.15) is 4.31 Å². The minimum atomic E-state index is -3.83. The Hall–Kier alpha value is -1.51. The van der Waals surface area contributed by atoms with Gasteiger partial charge in [0.1, 0.15) is 5.82 Å². The second-order valence-electron chi connectivity index (χ2n) is 5.15. The van der Waals surface area contributed by atoms with E-state index in [9.17, 15) is 17.6 Å². The number of aryl methyl sites for hydroxylation is 1. The molecule has 1 aliphatic heterocycles. The Bertz CT molecular complexity index is 667. The number of sulfonamides is 1. The lowest BCUT2D eigenvalue weighted by Crippen LogP contribution is -2.42. The van der Waals surface area contributed by atoms with E-state index in [0.717, 1.165) is 12.1 Å². The predicted octanol–water partition coefficient (Wildman–Crippen LogP) is 0.944. The van der Waals surface area contributed by atoms with E-state index >= 15 is 0 Å². The van der Waals surface area contributed by atoms with E-state index in [2.05, 4.69) is 0 Å². The van der Waals surface area contributed by atoms with Crippen molar-refractivity contribution in [3.63, 3.8) is 0 Å². The minimum absolute atomic E-state index is 0.0119. The highest BCUT2D eigenvalue weighted by Crippen LogP contribution is 2.24. The summed E-state index contributed by atoms with van der Waals surface area (Å²) in [6.45, 7) is 1.90. The summed E-state index contributed by atoms with van der Waals surface area (Å²) in [6, 6.07) is 2.00. The quantitative estimate of drug-likeness (QED) is 0.864. The lowest BCUT2D eigenvalue weighted by molar-refractivity contribution is 0.0691. The van der Waals surface area contributed by atoms with Crippen LogP contribution in [0.15, 0.2) is 17.0 Å². The van der Waals surface area contributed by atoms with E-state index in [1.54, 1.807) is 0 Å². The largest absolute Gasteiger partial charge is 0.478 e. The Morgan fingerprint density at radius 3 is 2.48 bits per heavy atom. The number of carboxylic acids is 1. The fraction of sp³-hybridized carbons (Fsp3) is 0.462. The first kappa shape index (κ1) is 15.9. The maximum Gasteiger partial charge on any atom is 0.338 e. The van der Waals surface area contributed by atoms with Gasteiger partial charge >= 0.3 is 5.97 Å². The molecule has 0 bridgehead atoms. The van der Waals surface area contributed by atoms with Crippen LogP contribution in [0.25, 0.3) is 0 Å². The molecule has 21 heavy (non-hydrogen) atoms. The molecule has 0 aromatic heterocycles. The van der Waals surface area contributed by atoms with E-state index < -0.39 is 27.4 Å². The number of carboxylic acid groups (broad SMARTS) is 1. The van der Waals surface area contributed by atoms with E-state index in [1.807, 2.05) is 0 Å². The molecule has 0 atom stereocenters. The number of nitrogens with zero attached hydrogens (tertiary/aromatic N) is 1. The smallest absolute Gasteiger partial charge is 0.338 e. The van der Waals surface area contributed by atoms with Crippen molar-refractivity contribution in [2.75, 3.05) is 13.1 Å². The molecular weight excluding hydrogens is 299 g/mol. The Morgan fingerprint density at radius 1 is 1.38 bits per heavy atom. The first-order chi connectivity index (χ1) is 9.73. The van der Waals surface area contributed by atoms with Crippen LogP contribution in [0.4, 0.5) is 4.39 Å². The predicted molar refractivity (Wildman–Crippen MR) is 74.1 cm³/mol. The number of aromatic carboxylic acids is 1. The van der Waals surface area contributed by atoms with Gasteiger partial charge in [0.05, 0.1) is 10.5 Å². The summed E-state index contributed by atoms with van der Waals surface area (Å²) in [6.07, 6.45) is 1.09. The molecule has 0 spiro atoms. The molecule has 6 nitrogen and oxygen atoms in total. The summed E-state index contributed by atoms with van der Waals surface area (Å²) in [5, 5.41) is 8.96. The average Bonchev–Trinajstić information content (AvgIpc) is 2.41. The maximum atomic E-state index is 13.7. The van der Waals surface area contributed by atoms with Gasteiger partial charge < -0.3 is 10.8 Å². The highest BCUT2D eigenvalue weighted by Gasteiger charge is 2.30. The van der Waals surface area contributed by atoms with Crippen molar-refractivity contribution in [3.05, 3.63) is 29.1 Å². The Labute approximate surface area is 122 Å². The molecule has 0 saturated carbocycles. The molecule has 1 heterocycles. The molecule has 1 aromatic rings. The van der Waals surface area contributed by atoms with Gasteiger partial charge in [-0.05, 0) is 37.5 Å². The van der Waals surface area contributed by atoms with Gasteiger partial charge in [-0.1, -0.05) is 0 Å². The van der Waals surface area contributed by atoms with E-state index in [-0.39, 0.29) is 29.6 Å². The van der Waals surface area contributed by atoms with E-state index in [1.165, 1.54) is 11.2 Å². The molecule has 8 heteroatoms. The summed E-state index contributed by atoms with van der Waals surface area (Å²) < 4.78 is 40.0. The zero-order chi connectivity index (χ0) is 15.8. The Balaban J connectivity index is 2.43. The highest BCUT2D eigenvalue weighted by atomic mass is 32.2. The van der Waals surface area contributed by atoms with Crippen LogP contribution in [0, 0.1) is 12.7 Å². The third kappa shape index (κ3) is 3.07. The lowest BCUT2D eigenvalue weighted by Gasteiger charge is -2.29. The number of carbonyl (C=O) groups is 1. The Kier molecular flexibility index (Phi) is 4.31. The van der Waals surface area contributed by atoms with Crippen molar-refractivity contribution >= 4 is 16.0 Å². The number of nitrogens with two attached hydrogens (primary N) is 1. The molecule has 3 N–H and O–H groups in total. The van der Waals surface area contributed by atoms with Crippen LogP contribution in [0.5, 0.6) is 0 Å². The third-order valence-corrected chi connectivity index (χ3v) is 5.47. The second-order valence-corrected chi connectivity index (χ2v) is 7.09. The van der Waals surface area contributed by atoms with Crippen molar-refractivity contribution < 1.29 is 22.7 Å². The fourth-order valence-electron chi connectivity index (χ4n) is 2.31. The SMILES string of the molecule is Cc1cc(S(=O)(=O)N2CCC(N)CC2)cc(C(=O)O)c1F. The van der Waals surface area contributed by atoms with Crippen molar-refractivity contribution in [1.29, 1.82) is 0 Å². The van der Waals surface area contributed by atoms with Crippen molar-refractivity contribution in [2.24, 2.45) is 5.73 Å². The van der Waals surface area contributed by atoms with Crippen molar-refractivity contribution in [2.45, 2.75) is 30.7 Å². The topological polar surface area (TPSA) is 101 Å². The third-order valence-electron chi connectivity index (χ3n) is 3.59. The first-order valence-corrected chi connectivity index (χ1v) is 7.96. The Morgan fingerprint density at radius 2 is 1.95 bits per heavy atom. The molecule has 0 aliphatic carbocycles. The molecular formula is C13H17FN2O4S. The molecule has 0 unspecified atom stereocenters. The summed E-state index contributed by atoms with van der Waals surface area (Å²) in [4.78, 5) is 10.8. The monoisotopic (exact) mass is 316 g/mol. The zero-order valence-corrected chi connectivity index (χ0v) is 12.4. The molecule has 1 aromatic carbocycles. The van der Waals surface area contributed by atoms with Gasteiger partial charge in [-0.25, -0.2) is 17.6 Å². The average molecular weight is 316 g/mol. The van der Waals surface area contributed by atoms with Gasteiger partial charge in [0.25, 0.3) is 0 Å². The van der Waals surface area contributed by atoms with Gasteiger partial charge in [-0.15, -0.1) is 0 Å². The zero-order valence-electron chi connectivity index (χ0n) is 11.5. The van der Waals surface area contributed by atoms with Crippen LogP contribution in [0.2, 0.25) is 0 Å². The van der Waals surface area contributed by atoms with E-state index in [4.69, 9.17) is 10.8 Å². The maximum absolute atomic E-state index is 13.7. The first-order valence-electron chi connectivity index (χ1n) is 6.52. The van der Waals surface area contributed by atoms with Crippen LogP contribution in [-0.2, 0) is 10.0 Å². The molecule has 0 amide bonds. The number of hydrogen-bond acceptors (Lipinski definition) is 4. The van der Waals surface area contributed by atoms with Crippen LogP contribution in [-0.4, -0.2) is 42.9 Å². The fourth-order valence-corrected chi connectivity index (χ4v) is 3.89. The number of rotatable bonds is 3. The molecule has 0 radical (unpaired) electrons. The van der Waals surface area contributed by atoms with Gasteiger partial charge in [0, 0.05) is 19.1 Å². The van der Waals surface area contributed by atoms with Gasteiger partial charge in [-0.3, -0.25) is 0 Å². The number of halogens is 1. The van der Waals surface area contributed by atoms with E-state index in [0.29, 0.717) is 12.8 Å². The molecule has 1 fully saturated rings. The standard InChI is InChI=1S/C13H17FN2O4S/c1-8-6-10(7-11(12(8)14)13(17)18)21(19,20)16-4-2-9(15)3-5-16/h6-7,9H,2-5,15H2,1H3,(H,17,18). The van der Waals surface area contributed by atoms with Gasteiger partial charge in [0.15, 0.2) is 0 Å². The van der Waals surface area contributed by atoms with Gasteiger partial charge in [0.2, 0.25) is 10.0 Å². The summed E-state index contributed by atoms with van der Waals surface area (Å²) >= 11 is 0. The number of hydrogen-bond donors (Lipinski definition) is 2. The molecule has 1 saturated heterocycles. The summed E-state index contributed by atoms with van der Waals surface area (Å²) in [5.41, 5.74) is 5.09. The second kappa shape index (κ2) is 5.70. The summed E-state index contributed by atoms with van der Waals surface area (Å²) in [5.74, 6) is -2.41. The molecule has 116 valence electrons. The number of benzene rings is 1. The highest BCUT2D eigenvalue weighted by molar-refractivity contribution is 7.89. The minimum Gasteiger partial charge on any atom is -0.478 e. The lowest BCUT2D eigenvalue weighted by atomic mass is 10.1. The van der Waals surface area contributed by atoms with Crippen LogP contribution in [0.1, 0.15) is 28.8 Å². The van der Waals surface area contributed by atoms with Crippen LogP contribution in [0.3, 0.4) is 0 Å².